The van der Waals surface area contributed by atoms with Crippen molar-refractivity contribution in [3.8, 4) is 0 Å². The van der Waals surface area contributed by atoms with Gasteiger partial charge in [-0.05, 0) is 30.3 Å². The van der Waals surface area contributed by atoms with Crippen molar-refractivity contribution in [2.75, 3.05) is 13.2 Å². The molecule has 1 unspecified atom stereocenters. The van der Waals surface area contributed by atoms with Crippen molar-refractivity contribution in [3.05, 3.63) is 11.4 Å². The first kappa shape index (κ1) is 13.6. The lowest BCUT2D eigenvalue weighted by Crippen LogP contribution is -2.32. The summed E-state index contributed by atoms with van der Waals surface area (Å²) in [5.41, 5.74) is 0.665. The van der Waals surface area contributed by atoms with E-state index in [-0.39, 0.29) is 24.1 Å². The topological polar surface area (TPSA) is 88.2 Å². The highest BCUT2D eigenvalue weighted by atomic mass is 16.6. The molecule has 0 bridgehead atoms. The van der Waals surface area contributed by atoms with Crippen molar-refractivity contribution in [2.24, 2.45) is 11.8 Å². The average molecular weight is 241 g/mol. The molecule has 96 valence electrons. The maximum Gasteiger partial charge on any atom is 0.275 e. The van der Waals surface area contributed by atoms with Gasteiger partial charge in [0.2, 0.25) is 0 Å². The largest absolute Gasteiger partial charge is 0.396 e. The highest BCUT2D eigenvalue weighted by Crippen LogP contribution is 2.10. The van der Waals surface area contributed by atoms with Crippen molar-refractivity contribution < 1.29 is 14.5 Å². The Balaban J connectivity index is 2.44. The number of hydrogen-bond acceptors (Lipinski definition) is 5. The molecule has 1 rings (SSSR count). The highest BCUT2D eigenvalue weighted by molar-refractivity contribution is 5.92. The summed E-state index contributed by atoms with van der Waals surface area (Å²) in [6.45, 7) is 6.31. The van der Waals surface area contributed by atoms with Gasteiger partial charge in [-0.2, -0.15) is 0 Å². The molecule has 1 aromatic heterocycles. The van der Waals surface area contributed by atoms with Gasteiger partial charge < -0.3 is 10.4 Å². The number of nitrogens with one attached hydrogen (secondary N) is 1. The molecule has 2 N–H and O–H groups in total. The summed E-state index contributed by atoms with van der Waals surface area (Å²) in [6, 6.07) is 0. The summed E-state index contributed by atoms with van der Waals surface area (Å²) in [5.74, 6) is 0.240. The lowest BCUT2D eigenvalue weighted by Gasteiger charge is -2.16. The number of aryl methyl sites for hydroxylation is 1. The third-order valence-electron chi connectivity index (χ3n) is 2.48. The smallest absolute Gasteiger partial charge is 0.275 e. The molecule has 0 saturated carbocycles. The van der Waals surface area contributed by atoms with Gasteiger partial charge >= 0.3 is 0 Å². The van der Waals surface area contributed by atoms with E-state index in [9.17, 15) is 9.90 Å². The normalized spacial score (nSPS) is 12.8. The maximum atomic E-state index is 11.7. The molecule has 1 atom stereocenters. The number of nitrogens with zero attached hydrogens (tertiary/aromatic N) is 2. The van der Waals surface area contributed by atoms with E-state index in [1.807, 2.05) is 0 Å². The van der Waals surface area contributed by atoms with Gasteiger partial charge in [0, 0.05) is 13.2 Å². The standard InChI is InChI=1S/C11H19N3O3/c1-7(2)4-9(6-15)5-12-11(16)10-8(3)13-17-14-10/h7,9,15H,4-6H2,1-3H3,(H,12,16). The Labute approximate surface area is 100 Å². The van der Waals surface area contributed by atoms with E-state index in [2.05, 4.69) is 34.1 Å². The monoisotopic (exact) mass is 241 g/mol. The fourth-order valence-electron chi connectivity index (χ4n) is 1.65. The van der Waals surface area contributed by atoms with Crippen LogP contribution in [0, 0.1) is 18.8 Å². The van der Waals surface area contributed by atoms with Crippen LogP contribution in [-0.4, -0.2) is 34.5 Å². The average Bonchev–Trinajstić information content (AvgIpc) is 2.69. The Hall–Kier alpha value is -1.43. The molecule has 0 saturated heterocycles. The minimum atomic E-state index is -0.314. The summed E-state index contributed by atoms with van der Waals surface area (Å²) in [7, 11) is 0. The lowest BCUT2D eigenvalue weighted by molar-refractivity contribution is 0.0926. The number of rotatable bonds is 6. The van der Waals surface area contributed by atoms with Crippen LogP contribution in [-0.2, 0) is 0 Å². The van der Waals surface area contributed by atoms with Crippen molar-refractivity contribution >= 4 is 5.91 Å². The predicted molar refractivity (Wildman–Crippen MR) is 61.4 cm³/mol. The number of aromatic nitrogens is 2. The van der Waals surface area contributed by atoms with Crippen molar-refractivity contribution in [1.29, 1.82) is 0 Å². The van der Waals surface area contributed by atoms with Crippen molar-refractivity contribution in [2.45, 2.75) is 27.2 Å². The summed E-state index contributed by atoms with van der Waals surface area (Å²) >= 11 is 0. The highest BCUT2D eigenvalue weighted by Gasteiger charge is 2.17. The van der Waals surface area contributed by atoms with Gasteiger partial charge in [-0.1, -0.05) is 19.0 Å². The second kappa shape index (κ2) is 6.34. The Morgan fingerprint density at radius 3 is 2.65 bits per heavy atom. The first-order valence-electron chi connectivity index (χ1n) is 5.72. The van der Waals surface area contributed by atoms with E-state index in [0.29, 0.717) is 18.2 Å². The van der Waals surface area contributed by atoms with Crippen LogP contribution in [0.5, 0.6) is 0 Å². The van der Waals surface area contributed by atoms with Gasteiger partial charge in [0.1, 0.15) is 5.69 Å². The minimum Gasteiger partial charge on any atom is -0.396 e. The molecule has 1 aromatic rings. The Bertz CT molecular complexity index is 363. The summed E-state index contributed by atoms with van der Waals surface area (Å²) in [4.78, 5) is 11.7. The second-order valence-electron chi connectivity index (χ2n) is 4.59. The number of hydrogen-bond donors (Lipinski definition) is 2. The number of carbonyl (C=O) groups excluding carboxylic acids is 1. The fourth-order valence-corrected chi connectivity index (χ4v) is 1.65. The molecule has 1 heterocycles. The number of aliphatic hydroxyl groups is 1. The van der Waals surface area contributed by atoms with Crippen molar-refractivity contribution in [1.82, 2.24) is 15.6 Å². The molecule has 0 aliphatic heterocycles. The van der Waals surface area contributed by atoms with Crippen LogP contribution < -0.4 is 5.32 Å². The van der Waals surface area contributed by atoms with Gasteiger partial charge in [0.05, 0.1) is 0 Å². The third kappa shape index (κ3) is 4.14. The fraction of sp³-hybridized carbons (Fsp3) is 0.727. The summed E-state index contributed by atoms with van der Waals surface area (Å²) < 4.78 is 4.45. The van der Waals surface area contributed by atoms with Crippen LogP contribution in [0.3, 0.4) is 0 Å². The predicted octanol–water partition coefficient (Wildman–Crippen LogP) is 0.762. The third-order valence-corrected chi connectivity index (χ3v) is 2.48. The Morgan fingerprint density at radius 2 is 2.18 bits per heavy atom. The van der Waals surface area contributed by atoms with Gasteiger partial charge in [-0.15, -0.1) is 0 Å². The summed E-state index contributed by atoms with van der Waals surface area (Å²) in [5, 5.41) is 19.0. The van der Waals surface area contributed by atoms with E-state index >= 15 is 0 Å². The number of carbonyl (C=O) groups is 1. The molecule has 0 aliphatic rings. The van der Waals surface area contributed by atoms with Crippen LogP contribution in [0.4, 0.5) is 0 Å². The van der Waals surface area contributed by atoms with Crippen LogP contribution in [0.25, 0.3) is 0 Å². The molecular weight excluding hydrogens is 222 g/mol. The molecule has 0 spiro atoms. The van der Waals surface area contributed by atoms with Crippen LogP contribution >= 0.6 is 0 Å². The van der Waals surface area contributed by atoms with Gasteiger partial charge in [-0.3, -0.25) is 4.79 Å². The zero-order chi connectivity index (χ0) is 12.8. The number of amides is 1. The molecule has 0 radical (unpaired) electrons. The molecule has 0 aromatic carbocycles. The quantitative estimate of drug-likeness (QED) is 0.767. The van der Waals surface area contributed by atoms with Gasteiger partial charge in [0.25, 0.3) is 5.91 Å². The van der Waals surface area contributed by atoms with E-state index in [4.69, 9.17) is 0 Å². The van der Waals surface area contributed by atoms with E-state index in [1.165, 1.54) is 0 Å². The van der Waals surface area contributed by atoms with Gasteiger partial charge in [0.15, 0.2) is 5.69 Å². The van der Waals surface area contributed by atoms with E-state index in [1.54, 1.807) is 6.92 Å². The summed E-state index contributed by atoms with van der Waals surface area (Å²) in [6.07, 6.45) is 0.868. The van der Waals surface area contributed by atoms with E-state index in [0.717, 1.165) is 6.42 Å². The maximum absolute atomic E-state index is 11.7. The van der Waals surface area contributed by atoms with Crippen molar-refractivity contribution in [3.63, 3.8) is 0 Å². The van der Waals surface area contributed by atoms with Crippen LogP contribution in [0.2, 0.25) is 0 Å². The van der Waals surface area contributed by atoms with Crippen LogP contribution in [0.15, 0.2) is 4.63 Å². The molecule has 1 amide bonds. The Morgan fingerprint density at radius 1 is 1.47 bits per heavy atom. The molecule has 0 aliphatic carbocycles. The van der Waals surface area contributed by atoms with Gasteiger partial charge in [-0.25, -0.2) is 4.63 Å². The molecule has 6 heteroatoms. The van der Waals surface area contributed by atoms with E-state index < -0.39 is 0 Å². The van der Waals surface area contributed by atoms with Crippen LogP contribution in [0.1, 0.15) is 36.5 Å². The Kier molecular flexibility index (Phi) is 5.09. The zero-order valence-electron chi connectivity index (χ0n) is 10.4. The first-order chi connectivity index (χ1) is 8.04. The molecule has 0 fully saturated rings. The zero-order valence-corrected chi connectivity index (χ0v) is 10.4. The molecular formula is C11H19N3O3. The number of aliphatic hydroxyl groups excluding tert-OH is 1. The first-order valence-corrected chi connectivity index (χ1v) is 5.72. The lowest BCUT2D eigenvalue weighted by atomic mass is 9.98. The molecule has 6 nitrogen and oxygen atoms in total. The second-order valence-corrected chi connectivity index (χ2v) is 4.59. The molecule has 17 heavy (non-hydrogen) atoms. The SMILES string of the molecule is Cc1nonc1C(=O)NCC(CO)CC(C)C. The minimum absolute atomic E-state index is 0.0640.